The summed E-state index contributed by atoms with van der Waals surface area (Å²) in [5, 5.41) is 0. The van der Waals surface area contributed by atoms with Crippen LogP contribution in [0.5, 0.6) is 0 Å². The van der Waals surface area contributed by atoms with Crippen LogP contribution in [0.2, 0.25) is 0 Å². The number of methoxy groups -OCH3 is 1. The van der Waals surface area contributed by atoms with Gasteiger partial charge < -0.3 is 9.47 Å². The first kappa shape index (κ1) is 16.2. The molecular weight excluding hydrogens is 304 g/mol. The van der Waals surface area contributed by atoms with Gasteiger partial charge in [-0.3, -0.25) is 9.59 Å². The van der Waals surface area contributed by atoms with Crippen molar-refractivity contribution >= 4 is 11.9 Å². The predicted molar refractivity (Wildman–Crippen MR) is 89.0 cm³/mol. The maximum atomic E-state index is 12.6. The quantitative estimate of drug-likeness (QED) is 0.810. The van der Waals surface area contributed by atoms with Gasteiger partial charge in [0.1, 0.15) is 5.92 Å². The average molecular weight is 324 g/mol. The third kappa shape index (κ3) is 2.39. The second kappa shape index (κ2) is 6.48. The van der Waals surface area contributed by atoms with E-state index in [0.717, 1.165) is 11.1 Å². The summed E-state index contributed by atoms with van der Waals surface area (Å²) in [5.41, 5.74) is 0.389. The van der Waals surface area contributed by atoms with Crippen LogP contribution in [-0.2, 0) is 24.7 Å². The van der Waals surface area contributed by atoms with E-state index in [-0.39, 0.29) is 5.97 Å². The summed E-state index contributed by atoms with van der Waals surface area (Å²) in [5.74, 6) is -2.04. The molecule has 0 saturated carbocycles. The summed E-state index contributed by atoms with van der Waals surface area (Å²) < 4.78 is 11.0. The number of rotatable bonds is 4. The molecule has 2 atom stereocenters. The Labute approximate surface area is 141 Å². The molecule has 2 aromatic carbocycles. The number of esters is 2. The molecule has 1 aliphatic rings. The van der Waals surface area contributed by atoms with E-state index >= 15 is 0 Å². The van der Waals surface area contributed by atoms with Gasteiger partial charge in [0.15, 0.2) is 5.60 Å². The van der Waals surface area contributed by atoms with Gasteiger partial charge in [-0.15, -0.1) is 0 Å². The van der Waals surface area contributed by atoms with Crippen LogP contribution in [0.1, 0.15) is 24.5 Å². The fourth-order valence-corrected chi connectivity index (χ4v) is 3.59. The van der Waals surface area contributed by atoms with Crippen molar-refractivity contribution in [2.75, 3.05) is 7.11 Å². The highest BCUT2D eigenvalue weighted by atomic mass is 16.6. The highest BCUT2D eigenvalue weighted by molar-refractivity contribution is 5.88. The van der Waals surface area contributed by atoms with Gasteiger partial charge in [0.05, 0.1) is 13.0 Å². The summed E-state index contributed by atoms with van der Waals surface area (Å²) in [6.07, 6.45) is 0.514. The van der Waals surface area contributed by atoms with Gasteiger partial charge in [-0.05, 0) is 6.42 Å². The van der Waals surface area contributed by atoms with Gasteiger partial charge >= 0.3 is 11.9 Å². The van der Waals surface area contributed by atoms with Gasteiger partial charge in [-0.1, -0.05) is 67.6 Å². The fourth-order valence-electron chi connectivity index (χ4n) is 3.59. The summed E-state index contributed by atoms with van der Waals surface area (Å²) in [6.45, 7) is 1.88. The highest BCUT2D eigenvalue weighted by Crippen LogP contribution is 2.50. The second-order valence-corrected chi connectivity index (χ2v) is 5.90. The third-order valence-corrected chi connectivity index (χ3v) is 4.70. The Morgan fingerprint density at radius 2 is 1.54 bits per heavy atom. The van der Waals surface area contributed by atoms with Crippen LogP contribution in [0, 0.1) is 11.8 Å². The van der Waals surface area contributed by atoms with Crippen LogP contribution < -0.4 is 0 Å². The zero-order valence-electron chi connectivity index (χ0n) is 13.8. The Balaban J connectivity index is 2.28. The zero-order chi connectivity index (χ0) is 17.2. The Morgan fingerprint density at radius 3 is 1.96 bits per heavy atom. The Hall–Kier alpha value is -2.62. The summed E-state index contributed by atoms with van der Waals surface area (Å²) in [6, 6.07) is 18.8. The highest BCUT2D eigenvalue weighted by Gasteiger charge is 2.60. The molecule has 124 valence electrons. The third-order valence-electron chi connectivity index (χ3n) is 4.70. The molecule has 24 heavy (non-hydrogen) atoms. The molecule has 0 aromatic heterocycles. The number of ether oxygens (including phenoxy) is 2. The number of carbonyl (C=O) groups excluding carboxylic acids is 2. The summed E-state index contributed by atoms with van der Waals surface area (Å²) in [4.78, 5) is 25.2. The lowest BCUT2D eigenvalue weighted by molar-refractivity contribution is -0.153. The van der Waals surface area contributed by atoms with E-state index in [4.69, 9.17) is 9.47 Å². The molecule has 1 heterocycles. The van der Waals surface area contributed by atoms with E-state index in [1.165, 1.54) is 7.11 Å². The van der Waals surface area contributed by atoms with Crippen molar-refractivity contribution < 1.29 is 19.1 Å². The first-order valence-corrected chi connectivity index (χ1v) is 8.06. The van der Waals surface area contributed by atoms with Gasteiger partial charge in [0, 0.05) is 11.1 Å². The maximum absolute atomic E-state index is 12.6. The predicted octanol–water partition coefficient (Wildman–Crippen LogP) is 3.30. The van der Waals surface area contributed by atoms with Crippen molar-refractivity contribution in [2.45, 2.75) is 18.9 Å². The molecule has 4 heteroatoms. The van der Waals surface area contributed by atoms with Crippen molar-refractivity contribution in [3.05, 3.63) is 71.8 Å². The molecule has 0 spiro atoms. The molecule has 1 fully saturated rings. The minimum absolute atomic E-state index is 0.361. The number of cyclic esters (lactones) is 1. The Morgan fingerprint density at radius 1 is 1.04 bits per heavy atom. The van der Waals surface area contributed by atoms with Crippen LogP contribution in [0.4, 0.5) is 0 Å². The monoisotopic (exact) mass is 324 g/mol. The number of carbonyl (C=O) groups is 2. The lowest BCUT2D eigenvalue weighted by Gasteiger charge is -2.34. The van der Waals surface area contributed by atoms with E-state index in [1.54, 1.807) is 0 Å². The fraction of sp³-hybridized carbons (Fsp3) is 0.300. The molecule has 3 rings (SSSR count). The van der Waals surface area contributed by atoms with Crippen molar-refractivity contribution in [3.63, 3.8) is 0 Å². The van der Waals surface area contributed by atoms with E-state index in [1.807, 2.05) is 67.6 Å². The molecule has 1 saturated heterocycles. The molecule has 2 aromatic rings. The lowest BCUT2D eigenvalue weighted by Crippen LogP contribution is -2.41. The molecule has 0 bridgehead atoms. The smallest absolute Gasteiger partial charge is 0.314 e. The van der Waals surface area contributed by atoms with Crippen molar-refractivity contribution in [1.29, 1.82) is 0 Å². The largest absolute Gasteiger partial charge is 0.469 e. The first-order valence-electron chi connectivity index (χ1n) is 8.06. The van der Waals surface area contributed by atoms with Gasteiger partial charge in [-0.25, -0.2) is 0 Å². The Kier molecular flexibility index (Phi) is 4.38. The SMILES string of the molecule is CCC1C(=O)OC(c2ccccc2)(c2ccccc2)C1C(=O)OC. The van der Waals surface area contributed by atoms with Crippen LogP contribution in [-0.4, -0.2) is 19.0 Å². The van der Waals surface area contributed by atoms with Crippen LogP contribution >= 0.6 is 0 Å². The number of benzene rings is 2. The van der Waals surface area contributed by atoms with Crippen molar-refractivity contribution in [2.24, 2.45) is 11.8 Å². The molecule has 0 N–H and O–H groups in total. The van der Waals surface area contributed by atoms with E-state index in [0.29, 0.717) is 6.42 Å². The van der Waals surface area contributed by atoms with Gasteiger partial charge in [-0.2, -0.15) is 0 Å². The minimum Gasteiger partial charge on any atom is -0.469 e. The zero-order valence-corrected chi connectivity index (χ0v) is 13.8. The van der Waals surface area contributed by atoms with Crippen molar-refractivity contribution in [3.8, 4) is 0 Å². The molecule has 4 nitrogen and oxygen atoms in total. The summed E-state index contributed by atoms with van der Waals surface area (Å²) >= 11 is 0. The molecule has 0 amide bonds. The normalized spacial score (nSPS) is 22.0. The molecule has 2 unspecified atom stereocenters. The van der Waals surface area contributed by atoms with E-state index in [2.05, 4.69) is 0 Å². The van der Waals surface area contributed by atoms with E-state index < -0.39 is 23.4 Å². The van der Waals surface area contributed by atoms with Gasteiger partial charge in [0.25, 0.3) is 0 Å². The van der Waals surface area contributed by atoms with E-state index in [9.17, 15) is 9.59 Å². The number of hydrogen-bond donors (Lipinski definition) is 0. The molecule has 0 aliphatic carbocycles. The standard InChI is InChI=1S/C20H20O4/c1-3-16-17(19(22)23-2)20(24-18(16)21,14-10-6-4-7-11-14)15-12-8-5-9-13-15/h4-13,16-17H,3H2,1-2H3. The second-order valence-electron chi connectivity index (χ2n) is 5.90. The molecular formula is C20H20O4. The first-order chi connectivity index (χ1) is 11.6. The van der Waals surface area contributed by atoms with Crippen LogP contribution in [0.3, 0.4) is 0 Å². The molecule has 0 radical (unpaired) electrons. The number of hydrogen-bond acceptors (Lipinski definition) is 4. The van der Waals surface area contributed by atoms with Crippen LogP contribution in [0.15, 0.2) is 60.7 Å². The lowest BCUT2D eigenvalue weighted by atomic mass is 9.72. The summed E-state index contributed by atoms with van der Waals surface area (Å²) in [7, 11) is 1.35. The van der Waals surface area contributed by atoms with Crippen molar-refractivity contribution in [1.82, 2.24) is 0 Å². The van der Waals surface area contributed by atoms with Crippen LogP contribution in [0.25, 0.3) is 0 Å². The molecule has 1 aliphatic heterocycles. The average Bonchev–Trinajstić information content (AvgIpc) is 2.95. The topological polar surface area (TPSA) is 52.6 Å². The maximum Gasteiger partial charge on any atom is 0.314 e. The minimum atomic E-state index is -1.16. The van der Waals surface area contributed by atoms with Gasteiger partial charge in [0.2, 0.25) is 0 Å². The Bertz CT molecular complexity index is 684.